The van der Waals surface area contributed by atoms with E-state index in [2.05, 4.69) is 64.4 Å². The summed E-state index contributed by atoms with van der Waals surface area (Å²) in [6, 6.07) is 0. The molecular formula is C16H27BrFIN2. The van der Waals surface area contributed by atoms with Gasteiger partial charge in [0.2, 0.25) is 5.95 Å². The second-order valence-electron chi connectivity index (χ2n) is 6.07. The van der Waals surface area contributed by atoms with Crippen LogP contribution in [0.2, 0.25) is 0 Å². The van der Waals surface area contributed by atoms with E-state index in [1.54, 1.807) is 4.68 Å². The summed E-state index contributed by atoms with van der Waals surface area (Å²) < 4.78 is 17.2. The van der Waals surface area contributed by atoms with Crippen LogP contribution in [0.25, 0.3) is 0 Å². The van der Waals surface area contributed by atoms with Crippen molar-refractivity contribution in [3.8, 4) is 0 Å². The van der Waals surface area contributed by atoms with E-state index in [9.17, 15) is 4.39 Å². The average Bonchev–Trinajstić information content (AvgIpc) is 2.73. The van der Waals surface area contributed by atoms with Gasteiger partial charge in [0, 0.05) is 0 Å². The topological polar surface area (TPSA) is 17.8 Å². The molecule has 0 aliphatic carbocycles. The molecule has 1 heterocycles. The van der Waals surface area contributed by atoms with Crippen LogP contribution >= 0.6 is 38.5 Å². The Balaban J connectivity index is 2.79. The smallest absolute Gasteiger partial charge is 0.227 e. The molecule has 1 rings (SSSR count). The molecule has 0 aliphatic heterocycles. The van der Waals surface area contributed by atoms with Gasteiger partial charge in [0.1, 0.15) is 8.17 Å². The molecule has 5 heteroatoms. The van der Waals surface area contributed by atoms with Crippen LogP contribution in [0.5, 0.6) is 0 Å². The maximum Gasteiger partial charge on any atom is 0.227 e. The molecular weight excluding hydrogens is 446 g/mol. The Morgan fingerprint density at radius 2 is 1.67 bits per heavy atom. The first-order valence-electron chi connectivity index (χ1n) is 8.06. The van der Waals surface area contributed by atoms with E-state index in [-0.39, 0.29) is 11.5 Å². The van der Waals surface area contributed by atoms with E-state index < -0.39 is 0 Å². The fraction of sp³-hybridized carbons (Fsp3) is 0.812. The standard InChI is InChI=1S/C16H27BrFIN2/c1-4-6-8-9-10-12-16(3,11-7-5-2)21-14(18)13(17)15(19)20-21/h4-12H2,1-3H3. The molecule has 0 aromatic carbocycles. The number of unbranched alkanes of at least 4 members (excludes halogenated alkanes) is 5. The molecule has 0 amide bonds. The van der Waals surface area contributed by atoms with Crippen LogP contribution in [0.4, 0.5) is 4.39 Å². The number of nitrogens with zero attached hydrogens (tertiary/aromatic N) is 2. The maximum atomic E-state index is 14.4. The van der Waals surface area contributed by atoms with Gasteiger partial charge >= 0.3 is 0 Å². The maximum absolute atomic E-state index is 14.4. The van der Waals surface area contributed by atoms with Crippen molar-refractivity contribution >= 4 is 38.5 Å². The third-order valence-corrected chi connectivity index (χ3v) is 6.33. The number of rotatable bonds is 10. The van der Waals surface area contributed by atoms with Crippen molar-refractivity contribution in [2.45, 2.75) is 84.1 Å². The van der Waals surface area contributed by atoms with Gasteiger partial charge in [-0.15, -0.1) is 0 Å². The van der Waals surface area contributed by atoms with Gasteiger partial charge < -0.3 is 0 Å². The van der Waals surface area contributed by atoms with Crippen molar-refractivity contribution in [3.63, 3.8) is 0 Å². The Morgan fingerprint density at radius 1 is 1.10 bits per heavy atom. The molecule has 0 fully saturated rings. The minimum atomic E-state index is -0.230. The summed E-state index contributed by atoms with van der Waals surface area (Å²) in [4.78, 5) is 0. The third kappa shape index (κ3) is 5.48. The molecule has 1 unspecified atom stereocenters. The molecule has 1 aromatic heterocycles. The van der Waals surface area contributed by atoms with Crippen molar-refractivity contribution in [2.75, 3.05) is 0 Å². The number of aromatic nitrogens is 2. The fourth-order valence-corrected chi connectivity index (χ4v) is 3.40. The SMILES string of the molecule is CCCCCCCC(C)(CCCC)n1nc(I)c(Br)c1F. The Hall–Kier alpha value is 0.350. The summed E-state index contributed by atoms with van der Waals surface area (Å²) in [5.74, 6) is -0.230. The van der Waals surface area contributed by atoms with E-state index in [1.807, 2.05) is 0 Å². The molecule has 0 spiro atoms. The Bertz CT molecular complexity index is 436. The molecule has 0 radical (unpaired) electrons. The van der Waals surface area contributed by atoms with Crippen LogP contribution in [0.1, 0.15) is 78.6 Å². The van der Waals surface area contributed by atoms with Crippen LogP contribution in [0.15, 0.2) is 4.47 Å². The monoisotopic (exact) mass is 472 g/mol. The van der Waals surface area contributed by atoms with E-state index in [1.165, 1.54) is 25.7 Å². The molecule has 0 saturated heterocycles. The van der Waals surface area contributed by atoms with Crippen LogP contribution < -0.4 is 0 Å². The predicted molar refractivity (Wildman–Crippen MR) is 99.2 cm³/mol. The Morgan fingerprint density at radius 3 is 2.19 bits per heavy atom. The van der Waals surface area contributed by atoms with Crippen molar-refractivity contribution in [1.29, 1.82) is 0 Å². The highest BCUT2D eigenvalue weighted by Gasteiger charge is 2.31. The summed E-state index contributed by atoms with van der Waals surface area (Å²) in [6.45, 7) is 6.56. The average molecular weight is 473 g/mol. The molecule has 1 atom stereocenters. The van der Waals surface area contributed by atoms with Crippen molar-refractivity contribution in [1.82, 2.24) is 9.78 Å². The number of halogens is 3. The quantitative estimate of drug-likeness (QED) is 0.275. The zero-order valence-electron chi connectivity index (χ0n) is 13.4. The van der Waals surface area contributed by atoms with Crippen LogP contribution in [0, 0.1) is 9.65 Å². The third-order valence-electron chi connectivity index (χ3n) is 4.14. The molecule has 2 nitrogen and oxygen atoms in total. The first-order valence-corrected chi connectivity index (χ1v) is 9.93. The zero-order valence-corrected chi connectivity index (χ0v) is 17.1. The lowest BCUT2D eigenvalue weighted by atomic mass is 9.88. The first kappa shape index (κ1) is 19.4. The van der Waals surface area contributed by atoms with E-state index in [4.69, 9.17) is 0 Å². The normalized spacial score (nSPS) is 14.4. The summed E-state index contributed by atoms with van der Waals surface area (Å²) >= 11 is 5.38. The van der Waals surface area contributed by atoms with Gasteiger partial charge in [-0.3, -0.25) is 0 Å². The lowest BCUT2D eigenvalue weighted by Gasteiger charge is -2.30. The Labute approximate surface area is 150 Å². The van der Waals surface area contributed by atoms with Crippen LogP contribution in [-0.2, 0) is 5.54 Å². The molecule has 122 valence electrons. The molecule has 21 heavy (non-hydrogen) atoms. The van der Waals surface area contributed by atoms with E-state index in [0.717, 1.165) is 32.1 Å². The number of hydrogen-bond acceptors (Lipinski definition) is 1. The van der Waals surface area contributed by atoms with Gasteiger partial charge in [-0.2, -0.15) is 9.49 Å². The van der Waals surface area contributed by atoms with Gasteiger partial charge in [-0.05, 0) is 58.3 Å². The van der Waals surface area contributed by atoms with Crippen molar-refractivity contribution in [3.05, 3.63) is 14.1 Å². The van der Waals surface area contributed by atoms with Gasteiger partial charge in [-0.1, -0.05) is 58.8 Å². The lowest BCUT2D eigenvalue weighted by Crippen LogP contribution is -2.32. The summed E-state index contributed by atoms with van der Waals surface area (Å²) in [5.41, 5.74) is -0.210. The van der Waals surface area contributed by atoms with E-state index >= 15 is 0 Å². The van der Waals surface area contributed by atoms with Crippen molar-refractivity contribution < 1.29 is 4.39 Å². The van der Waals surface area contributed by atoms with Gasteiger partial charge in [0.05, 0.1) is 5.54 Å². The molecule has 0 aliphatic rings. The summed E-state index contributed by atoms with van der Waals surface area (Å²) in [6.07, 6.45) is 10.4. The highest BCUT2D eigenvalue weighted by Crippen LogP contribution is 2.33. The molecule has 0 bridgehead atoms. The van der Waals surface area contributed by atoms with E-state index in [0.29, 0.717) is 8.17 Å². The summed E-state index contributed by atoms with van der Waals surface area (Å²) in [7, 11) is 0. The molecule has 1 aromatic rings. The Kier molecular flexibility index (Phi) is 8.76. The van der Waals surface area contributed by atoms with Gasteiger partial charge in [0.15, 0.2) is 0 Å². The predicted octanol–water partition coefficient (Wildman–Crippen LogP) is 6.66. The van der Waals surface area contributed by atoms with Gasteiger partial charge in [-0.25, -0.2) is 4.68 Å². The zero-order chi connectivity index (χ0) is 15.9. The molecule has 0 N–H and O–H groups in total. The minimum absolute atomic E-state index is 0.210. The number of hydrogen-bond donors (Lipinski definition) is 0. The second-order valence-corrected chi connectivity index (χ2v) is 7.89. The largest absolute Gasteiger partial charge is 0.232 e. The highest BCUT2D eigenvalue weighted by molar-refractivity contribution is 14.1. The fourth-order valence-electron chi connectivity index (χ4n) is 2.72. The summed E-state index contributed by atoms with van der Waals surface area (Å²) in [5, 5.41) is 4.43. The van der Waals surface area contributed by atoms with Crippen LogP contribution in [-0.4, -0.2) is 9.78 Å². The van der Waals surface area contributed by atoms with Crippen molar-refractivity contribution in [2.24, 2.45) is 0 Å². The minimum Gasteiger partial charge on any atom is -0.232 e. The lowest BCUT2D eigenvalue weighted by molar-refractivity contribution is 0.199. The van der Waals surface area contributed by atoms with Crippen LogP contribution in [0.3, 0.4) is 0 Å². The second kappa shape index (κ2) is 9.48. The highest BCUT2D eigenvalue weighted by atomic mass is 127. The first-order chi connectivity index (χ1) is 9.96. The van der Waals surface area contributed by atoms with Gasteiger partial charge in [0.25, 0.3) is 0 Å². The molecule has 0 saturated carbocycles.